The van der Waals surface area contributed by atoms with E-state index < -0.39 is 0 Å². The number of rotatable bonds is 0. The van der Waals surface area contributed by atoms with Crippen LogP contribution in [0.25, 0.3) is 11.2 Å². The van der Waals surface area contributed by atoms with Gasteiger partial charge in [0.05, 0.1) is 11.8 Å². The second kappa shape index (κ2) is 3.71. The van der Waals surface area contributed by atoms with Crippen molar-refractivity contribution in [3.8, 4) is 5.88 Å². The van der Waals surface area contributed by atoms with Gasteiger partial charge >= 0.3 is 58.2 Å². The molecular formula is C5H3N4ORb. The Hall–Kier alpha value is 0.155. The van der Waals surface area contributed by atoms with Gasteiger partial charge in [-0.2, -0.15) is 0 Å². The summed E-state index contributed by atoms with van der Waals surface area (Å²) < 4.78 is 0. The second-order valence-electron chi connectivity index (χ2n) is 1.78. The summed E-state index contributed by atoms with van der Waals surface area (Å²) in [7, 11) is 0. The van der Waals surface area contributed by atoms with E-state index in [1.807, 2.05) is 0 Å². The summed E-state index contributed by atoms with van der Waals surface area (Å²) in [6, 6.07) is 0. The molecule has 0 spiro atoms. The van der Waals surface area contributed by atoms with Crippen LogP contribution in [0.5, 0.6) is 5.88 Å². The number of hydrogen-bond donors (Lipinski definition) is 1. The molecule has 0 saturated carbocycles. The molecule has 2 aromatic heterocycles. The molecule has 0 radical (unpaired) electrons. The Morgan fingerprint density at radius 1 is 1.27 bits per heavy atom. The molecule has 5 nitrogen and oxygen atoms in total. The molecular weight excluding hydrogens is 218 g/mol. The van der Waals surface area contributed by atoms with Gasteiger partial charge in [0.1, 0.15) is 6.33 Å². The summed E-state index contributed by atoms with van der Waals surface area (Å²) in [5, 5.41) is 10.8. The fourth-order valence-corrected chi connectivity index (χ4v) is 0.743. The Bertz CT molecular complexity index is 360. The number of hydrogen-bond acceptors (Lipinski definition) is 4. The van der Waals surface area contributed by atoms with Gasteiger partial charge in [-0.3, -0.25) is 4.98 Å². The normalized spacial score (nSPS) is 9.45. The minimum atomic E-state index is -0.317. The number of aromatic amines is 1. The van der Waals surface area contributed by atoms with Gasteiger partial charge in [0.15, 0.2) is 5.65 Å². The van der Waals surface area contributed by atoms with Crippen molar-refractivity contribution in [1.29, 1.82) is 0 Å². The van der Waals surface area contributed by atoms with Gasteiger partial charge in [-0.25, -0.2) is 9.97 Å². The van der Waals surface area contributed by atoms with Gasteiger partial charge in [-0.15, -0.1) is 0 Å². The molecule has 0 atom stereocenters. The first-order valence-electron chi connectivity index (χ1n) is 2.69. The van der Waals surface area contributed by atoms with Crippen LogP contribution in [0.4, 0.5) is 0 Å². The summed E-state index contributed by atoms with van der Waals surface area (Å²) in [4.78, 5) is 13.6. The molecule has 2 rings (SSSR count). The van der Waals surface area contributed by atoms with Crippen molar-refractivity contribution in [3.05, 3.63) is 12.7 Å². The number of aromatic nitrogens is 4. The molecule has 0 aliphatic rings. The van der Waals surface area contributed by atoms with Crippen LogP contribution >= 0.6 is 0 Å². The van der Waals surface area contributed by atoms with Crippen LogP contribution in [0.2, 0.25) is 0 Å². The average molecular weight is 221 g/mol. The molecule has 0 amide bonds. The summed E-state index contributed by atoms with van der Waals surface area (Å²) in [6.07, 6.45) is 2.62. The van der Waals surface area contributed by atoms with E-state index in [2.05, 4.69) is 19.9 Å². The summed E-state index contributed by atoms with van der Waals surface area (Å²) in [5.74, 6) is -0.317. The van der Waals surface area contributed by atoms with Gasteiger partial charge in [0, 0.05) is 5.88 Å². The molecule has 50 valence electrons. The van der Waals surface area contributed by atoms with Crippen molar-refractivity contribution in [2.75, 3.05) is 0 Å². The molecule has 0 bridgehead atoms. The van der Waals surface area contributed by atoms with Crippen LogP contribution in [0, 0.1) is 0 Å². The fourth-order valence-electron chi connectivity index (χ4n) is 0.743. The molecule has 2 aromatic rings. The minimum Gasteiger partial charge on any atom is -0.857 e. The summed E-state index contributed by atoms with van der Waals surface area (Å²) >= 11 is 0. The Kier molecular flexibility index (Phi) is 3.11. The molecule has 6 heteroatoms. The molecule has 0 saturated heterocycles. The van der Waals surface area contributed by atoms with Crippen LogP contribution in [-0.4, -0.2) is 19.9 Å². The van der Waals surface area contributed by atoms with Crippen molar-refractivity contribution in [3.63, 3.8) is 0 Å². The average Bonchev–Trinajstić information content (AvgIpc) is 2.36. The Morgan fingerprint density at radius 3 is 2.82 bits per heavy atom. The number of H-pyrrole nitrogens is 1. The van der Waals surface area contributed by atoms with E-state index >= 15 is 0 Å². The van der Waals surface area contributed by atoms with Crippen molar-refractivity contribution < 1.29 is 63.3 Å². The molecule has 0 fully saturated rings. The third-order valence-electron chi connectivity index (χ3n) is 1.19. The minimum absolute atomic E-state index is 0. The van der Waals surface area contributed by atoms with E-state index in [0.29, 0.717) is 11.2 Å². The first-order valence-corrected chi connectivity index (χ1v) is 2.69. The van der Waals surface area contributed by atoms with Crippen molar-refractivity contribution in [2.45, 2.75) is 0 Å². The fraction of sp³-hybridized carbons (Fsp3) is 0. The third kappa shape index (κ3) is 1.66. The topological polar surface area (TPSA) is 77.5 Å². The zero-order valence-electron chi connectivity index (χ0n) is 5.90. The quantitative estimate of drug-likeness (QED) is 0.498. The maximum absolute atomic E-state index is 10.8. The first kappa shape index (κ1) is 9.24. The molecule has 2 heterocycles. The van der Waals surface area contributed by atoms with Crippen LogP contribution in [0.1, 0.15) is 0 Å². The van der Waals surface area contributed by atoms with E-state index in [1.165, 1.54) is 12.7 Å². The molecule has 1 N–H and O–H groups in total. The number of nitrogens with one attached hydrogen (secondary N) is 1. The maximum Gasteiger partial charge on any atom is 1.00 e. The molecule has 0 unspecified atom stereocenters. The largest absolute Gasteiger partial charge is 1.00 e. The van der Waals surface area contributed by atoms with Gasteiger partial charge in [0.25, 0.3) is 0 Å². The van der Waals surface area contributed by atoms with Crippen LogP contribution in [0.15, 0.2) is 12.7 Å². The van der Waals surface area contributed by atoms with Crippen molar-refractivity contribution in [1.82, 2.24) is 19.9 Å². The van der Waals surface area contributed by atoms with Crippen molar-refractivity contribution in [2.24, 2.45) is 0 Å². The molecule has 0 aliphatic carbocycles. The van der Waals surface area contributed by atoms with E-state index in [4.69, 9.17) is 0 Å². The smallest absolute Gasteiger partial charge is 0.857 e. The summed E-state index contributed by atoms with van der Waals surface area (Å²) in [6.45, 7) is 0. The predicted octanol–water partition coefficient (Wildman–Crippen LogP) is -3.57. The maximum atomic E-state index is 10.8. The van der Waals surface area contributed by atoms with E-state index in [9.17, 15) is 5.11 Å². The number of fused-ring (bicyclic) bond motifs is 1. The summed E-state index contributed by atoms with van der Waals surface area (Å²) in [5.41, 5.74) is 0.780. The van der Waals surface area contributed by atoms with E-state index in [0.717, 1.165) is 0 Å². The third-order valence-corrected chi connectivity index (χ3v) is 1.19. The molecule has 0 aliphatic heterocycles. The first-order chi connectivity index (χ1) is 4.88. The van der Waals surface area contributed by atoms with Crippen LogP contribution in [-0.2, 0) is 0 Å². The van der Waals surface area contributed by atoms with Gasteiger partial charge < -0.3 is 10.1 Å². The van der Waals surface area contributed by atoms with Crippen LogP contribution < -0.4 is 63.3 Å². The van der Waals surface area contributed by atoms with E-state index in [1.54, 1.807) is 0 Å². The number of imidazole rings is 1. The van der Waals surface area contributed by atoms with E-state index in [-0.39, 0.29) is 64.1 Å². The van der Waals surface area contributed by atoms with Gasteiger partial charge in [-0.05, 0) is 0 Å². The molecule has 0 aromatic carbocycles. The Balaban J connectivity index is 0.000000605. The van der Waals surface area contributed by atoms with Gasteiger partial charge in [-0.1, -0.05) is 0 Å². The SMILES string of the molecule is [O-]c1ncnc2nc[nH]c12.[Rb+]. The van der Waals surface area contributed by atoms with Crippen LogP contribution in [0.3, 0.4) is 0 Å². The standard InChI is InChI=1S/C5H4N4O.Rb/c10-5-3-4(7-1-6-3)8-2-9-5;/h1-2H,(H2,6,7,8,9,10);/q;+1/p-1. The molecule has 11 heavy (non-hydrogen) atoms. The van der Waals surface area contributed by atoms with Gasteiger partial charge in [0.2, 0.25) is 0 Å². The Morgan fingerprint density at radius 2 is 2.09 bits per heavy atom. The van der Waals surface area contributed by atoms with Crippen molar-refractivity contribution >= 4 is 11.2 Å². The number of nitrogens with zero attached hydrogens (tertiary/aromatic N) is 3. The second-order valence-corrected chi connectivity index (χ2v) is 1.78. The monoisotopic (exact) mass is 220 g/mol. The zero-order valence-corrected chi connectivity index (χ0v) is 10.8. The Labute approximate surface area is 111 Å². The predicted molar refractivity (Wildman–Crippen MR) is 31.1 cm³/mol. The zero-order chi connectivity index (χ0) is 6.97.